The van der Waals surface area contributed by atoms with Crippen molar-refractivity contribution in [2.75, 3.05) is 0 Å². The minimum atomic E-state index is 0.0916. The number of rotatable bonds is 5. The van der Waals surface area contributed by atoms with Crippen molar-refractivity contribution >= 4 is 5.91 Å². The zero-order valence-electron chi connectivity index (χ0n) is 11.0. The summed E-state index contributed by atoms with van der Waals surface area (Å²) in [4.78, 5) is 12.0. The molecule has 0 bridgehead atoms. The first-order valence-corrected chi connectivity index (χ1v) is 6.76. The zero-order valence-corrected chi connectivity index (χ0v) is 11.0. The molecule has 1 aromatic carbocycles. The lowest BCUT2D eigenvalue weighted by molar-refractivity contribution is -0.123. The maximum atomic E-state index is 12.0. The van der Waals surface area contributed by atoms with Gasteiger partial charge in [0.25, 0.3) is 0 Å². The van der Waals surface area contributed by atoms with Gasteiger partial charge in [-0.15, -0.1) is 0 Å². The molecule has 2 rings (SSSR count). The second kappa shape index (κ2) is 5.53. The first kappa shape index (κ1) is 13.1. The van der Waals surface area contributed by atoms with Crippen molar-refractivity contribution in [1.82, 2.24) is 5.32 Å². The molecule has 1 saturated carbocycles. The minimum Gasteiger partial charge on any atom is -0.350 e. The Morgan fingerprint density at radius 1 is 1.28 bits per heavy atom. The summed E-state index contributed by atoms with van der Waals surface area (Å²) in [6.07, 6.45) is 4.99. The molecule has 3 nitrogen and oxygen atoms in total. The second-order valence-corrected chi connectivity index (χ2v) is 5.23. The van der Waals surface area contributed by atoms with Gasteiger partial charge in [0.2, 0.25) is 5.91 Å². The summed E-state index contributed by atoms with van der Waals surface area (Å²) < 4.78 is 0. The van der Waals surface area contributed by atoms with Gasteiger partial charge in [-0.2, -0.15) is 0 Å². The molecule has 3 N–H and O–H groups in total. The predicted octanol–water partition coefficient (Wildman–Crippen LogP) is 2.14. The molecule has 1 aromatic rings. The molecular formula is C15H22N2O. The van der Waals surface area contributed by atoms with E-state index in [4.69, 9.17) is 5.73 Å². The summed E-state index contributed by atoms with van der Waals surface area (Å²) in [5.41, 5.74) is 7.79. The Morgan fingerprint density at radius 3 is 2.33 bits per heavy atom. The highest BCUT2D eigenvalue weighted by atomic mass is 16.1. The molecule has 1 fully saturated rings. The van der Waals surface area contributed by atoms with Gasteiger partial charge in [-0.1, -0.05) is 31.2 Å². The van der Waals surface area contributed by atoms with Crippen molar-refractivity contribution in [2.45, 2.75) is 51.1 Å². The van der Waals surface area contributed by atoms with Gasteiger partial charge >= 0.3 is 0 Å². The van der Waals surface area contributed by atoms with E-state index in [0.29, 0.717) is 13.0 Å². The maximum Gasteiger partial charge on any atom is 0.224 e. The van der Waals surface area contributed by atoms with Gasteiger partial charge in [0.05, 0.1) is 6.42 Å². The molecule has 1 aliphatic carbocycles. The van der Waals surface area contributed by atoms with Gasteiger partial charge in [-0.3, -0.25) is 4.79 Å². The summed E-state index contributed by atoms with van der Waals surface area (Å²) in [7, 11) is 0. The molecule has 0 saturated heterocycles. The Kier molecular flexibility index (Phi) is 4.02. The number of amides is 1. The highest BCUT2D eigenvalue weighted by Crippen LogP contribution is 2.34. The molecule has 3 heteroatoms. The van der Waals surface area contributed by atoms with Gasteiger partial charge < -0.3 is 11.1 Å². The highest BCUT2D eigenvalue weighted by molar-refractivity contribution is 5.79. The van der Waals surface area contributed by atoms with Crippen LogP contribution in [0, 0.1) is 0 Å². The number of hydrogen-bond donors (Lipinski definition) is 2. The van der Waals surface area contributed by atoms with Crippen LogP contribution in [0.3, 0.4) is 0 Å². The Morgan fingerprint density at radius 2 is 1.89 bits per heavy atom. The number of nitrogens with one attached hydrogen (secondary N) is 1. The molecule has 98 valence electrons. The average Bonchev–Trinajstić information content (AvgIpc) is 2.35. The first-order valence-electron chi connectivity index (χ1n) is 6.76. The Labute approximate surface area is 109 Å². The van der Waals surface area contributed by atoms with E-state index in [-0.39, 0.29) is 11.4 Å². The van der Waals surface area contributed by atoms with Crippen LogP contribution in [0.4, 0.5) is 0 Å². The molecule has 0 unspecified atom stereocenters. The third-order valence-corrected chi connectivity index (χ3v) is 4.02. The van der Waals surface area contributed by atoms with E-state index >= 15 is 0 Å². The molecule has 0 spiro atoms. The highest BCUT2D eigenvalue weighted by Gasteiger charge is 2.36. The zero-order chi connectivity index (χ0) is 13.0. The number of hydrogen-bond acceptors (Lipinski definition) is 2. The Hall–Kier alpha value is -1.35. The molecule has 18 heavy (non-hydrogen) atoms. The predicted molar refractivity (Wildman–Crippen MR) is 73.1 cm³/mol. The fourth-order valence-corrected chi connectivity index (χ4v) is 2.49. The quantitative estimate of drug-likeness (QED) is 0.836. The second-order valence-electron chi connectivity index (χ2n) is 5.23. The van der Waals surface area contributed by atoms with Gasteiger partial charge in [0.15, 0.2) is 0 Å². The van der Waals surface area contributed by atoms with E-state index in [9.17, 15) is 4.79 Å². The fourth-order valence-electron chi connectivity index (χ4n) is 2.49. The third kappa shape index (κ3) is 2.91. The van der Waals surface area contributed by atoms with Crippen molar-refractivity contribution in [2.24, 2.45) is 5.73 Å². The molecule has 0 atom stereocenters. The fraction of sp³-hybridized carbons (Fsp3) is 0.533. The van der Waals surface area contributed by atoms with Crippen molar-refractivity contribution in [1.29, 1.82) is 0 Å². The normalized spacial score (nSPS) is 17.0. The molecule has 0 heterocycles. The van der Waals surface area contributed by atoms with E-state index < -0.39 is 0 Å². The van der Waals surface area contributed by atoms with E-state index in [0.717, 1.165) is 30.4 Å². The van der Waals surface area contributed by atoms with E-state index in [1.54, 1.807) is 0 Å². The van der Waals surface area contributed by atoms with Crippen molar-refractivity contribution in [3.05, 3.63) is 35.4 Å². The number of nitrogens with two attached hydrogens (primary N) is 1. The SMILES string of the molecule is CCC1(NC(=O)Cc2ccc(CN)cc2)CCC1. The molecule has 1 aliphatic rings. The van der Waals surface area contributed by atoms with Gasteiger partial charge in [-0.25, -0.2) is 0 Å². The minimum absolute atomic E-state index is 0.0916. The largest absolute Gasteiger partial charge is 0.350 e. The summed E-state index contributed by atoms with van der Waals surface area (Å²) >= 11 is 0. The lowest BCUT2D eigenvalue weighted by atomic mass is 9.75. The van der Waals surface area contributed by atoms with E-state index in [1.807, 2.05) is 24.3 Å². The molecule has 1 amide bonds. The molecule has 0 aliphatic heterocycles. The van der Waals surface area contributed by atoms with Crippen molar-refractivity contribution in [3.63, 3.8) is 0 Å². The van der Waals surface area contributed by atoms with E-state index in [2.05, 4.69) is 12.2 Å². The van der Waals surface area contributed by atoms with Crippen molar-refractivity contribution < 1.29 is 4.79 Å². The van der Waals surface area contributed by atoms with Crippen LogP contribution in [0.5, 0.6) is 0 Å². The van der Waals surface area contributed by atoms with Crippen LogP contribution >= 0.6 is 0 Å². The van der Waals surface area contributed by atoms with Gasteiger partial charge in [-0.05, 0) is 36.8 Å². The topological polar surface area (TPSA) is 55.1 Å². The molecule has 0 radical (unpaired) electrons. The smallest absolute Gasteiger partial charge is 0.224 e. The summed E-state index contributed by atoms with van der Waals surface area (Å²) in [6.45, 7) is 2.70. The van der Waals surface area contributed by atoms with Gasteiger partial charge in [0, 0.05) is 12.1 Å². The average molecular weight is 246 g/mol. The van der Waals surface area contributed by atoms with Crippen LogP contribution in [0.25, 0.3) is 0 Å². The first-order chi connectivity index (χ1) is 8.67. The lowest BCUT2D eigenvalue weighted by Gasteiger charge is -2.42. The summed E-state index contributed by atoms with van der Waals surface area (Å²) in [5.74, 6) is 0.136. The number of carbonyl (C=O) groups excluding carboxylic acids is 1. The molecule has 0 aromatic heterocycles. The van der Waals surface area contributed by atoms with Gasteiger partial charge in [0.1, 0.15) is 0 Å². The van der Waals surface area contributed by atoms with Crippen LogP contribution in [-0.2, 0) is 17.8 Å². The van der Waals surface area contributed by atoms with E-state index in [1.165, 1.54) is 6.42 Å². The number of benzene rings is 1. The number of carbonyl (C=O) groups is 1. The Bertz CT molecular complexity index is 401. The summed E-state index contributed by atoms with van der Waals surface area (Å²) in [6, 6.07) is 7.95. The lowest BCUT2D eigenvalue weighted by Crippen LogP contribution is -2.53. The van der Waals surface area contributed by atoms with Crippen LogP contribution < -0.4 is 11.1 Å². The van der Waals surface area contributed by atoms with Crippen LogP contribution in [0.15, 0.2) is 24.3 Å². The van der Waals surface area contributed by atoms with Crippen LogP contribution in [0.1, 0.15) is 43.7 Å². The molecular weight excluding hydrogens is 224 g/mol. The van der Waals surface area contributed by atoms with Crippen LogP contribution in [0.2, 0.25) is 0 Å². The Balaban J connectivity index is 1.90. The maximum absolute atomic E-state index is 12.0. The summed E-state index contributed by atoms with van der Waals surface area (Å²) in [5, 5.41) is 3.19. The third-order valence-electron chi connectivity index (χ3n) is 4.02. The standard InChI is InChI=1S/C15H22N2O/c1-2-15(8-3-9-15)17-14(18)10-12-4-6-13(11-16)7-5-12/h4-7H,2-3,8-11,16H2,1H3,(H,17,18). The monoisotopic (exact) mass is 246 g/mol. The van der Waals surface area contributed by atoms with Crippen molar-refractivity contribution in [3.8, 4) is 0 Å². The van der Waals surface area contributed by atoms with Crippen LogP contribution in [-0.4, -0.2) is 11.4 Å².